The zero-order valence-corrected chi connectivity index (χ0v) is 14.5. The lowest BCUT2D eigenvalue weighted by atomic mass is 9.94. The first kappa shape index (κ1) is 16.8. The Morgan fingerprint density at radius 3 is 2.50 bits per heavy atom. The standard InChI is InChI=1S/C19H21NO6/c1-23-15-4-2-3-12(19(15)22)18(20-5-7-24-8-6-20)13-9-16-17(10-14(13)21)26-11-25-16/h2-4,9-10,18,21-22H,5-8,11H2,1H3/t18-/m0/s1. The molecular weight excluding hydrogens is 338 g/mol. The van der Waals surface area contributed by atoms with Crippen molar-refractivity contribution < 1.29 is 29.2 Å². The minimum Gasteiger partial charge on any atom is -0.507 e. The van der Waals surface area contributed by atoms with Gasteiger partial charge in [0.15, 0.2) is 23.0 Å². The first-order valence-electron chi connectivity index (χ1n) is 8.49. The van der Waals surface area contributed by atoms with Crippen LogP contribution in [0.3, 0.4) is 0 Å². The average Bonchev–Trinajstić information content (AvgIpc) is 3.11. The van der Waals surface area contributed by atoms with Crippen molar-refractivity contribution >= 4 is 0 Å². The van der Waals surface area contributed by atoms with E-state index in [0.29, 0.717) is 54.7 Å². The van der Waals surface area contributed by atoms with Gasteiger partial charge in [0, 0.05) is 30.3 Å². The second-order valence-corrected chi connectivity index (χ2v) is 6.21. The molecule has 2 aliphatic heterocycles. The Balaban J connectivity index is 1.84. The topological polar surface area (TPSA) is 80.6 Å². The zero-order valence-electron chi connectivity index (χ0n) is 14.5. The molecule has 0 unspecified atom stereocenters. The van der Waals surface area contributed by atoms with Crippen LogP contribution in [0, 0.1) is 0 Å². The van der Waals surface area contributed by atoms with Crippen LogP contribution < -0.4 is 14.2 Å². The number of morpholine rings is 1. The minimum atomic E-state index is -0.372. The molecule has 0 bridgehead atoms. The predicted octanol–water partition coefficient (Wildman–Crippen LogP) is 2.26. The molecule has 0 amide bonds. The van der Waals surface area contributed by atoms with Gasteiger partial charge in [-0.2, -0.15) is 0 Å². The molecular formula is C19H21NO6. The number of rotatable bonds is 4. The van der Waals surface area contributed by atoms with Crippen LogP contribution >= 0.6 is 0 Å². The maximum absolute atomic E-state index is 10.7. The van der Waals surface area contributed by atoms with Gasteiger partial charge in [-0.3, -0.25) is 4.90 Å². The Labute approximate surface area is 151 Å². The summed E-state index contributed by atoms with van der Waals surface area (Å²) in [4.78, 5) is 2.16. The molecule has 2 aromatic rings. The van der Waals surface area contributed by atoms with Crippen molar-refractivity contribution in [1.29, 1.82) is 0 Å². The number of benzene rings is 2. The summed E-state index contributed by atoms with van der Waals surface area (Å²) in [6.07, 6.45) is 0. The number of phenols is 2. The lowest BCUT2D eigenvalue weighted by molar-refractivity contribution is 0.0231. The quantitative estimate of drug-likeness (QED) is 0.867. The molecule has 1 saturated heterocycles. The summed E-state index contributed by atoms with van der Waals surface area (Å²) in [5.41, 5.74) is 1.29. The maximum Gasteiger partial charge on any atom is 0.231 e. The van der Waals surface area contributed by atoms with Crippen LogP contribution in [0.25, 0.3) is 0 Å². The van der Waals surface area contributed by atoms with Gasteiger partial charge in [-0.05, 0) is 12.1 Å². The number of methoxy groups -OCH3 is 1. The van der Waals surface area contributed by atoms with Gasteiger partial charge in [0.25, 0.3) is 0 Å². The van der Waals surface area contributed by atoms with Crippen molar-refractivity contribution in [2.45, 2.75) is 6.04 Å². The molecule has 2 N–H and O–H groups in total. The fourth-order valence-electron chi connectivity index (χ4n) is 3.49. The predicted molar refractivity (Wildman–Crippen MR) is 93.1 cm³/mol. The molecule has 0 radical (unpaired) electrons. The van der Waals surface area contributed by atoms with Gasteiger partial charge in [-0.15, -0.1) is 0 Å². The second-order valence-electron chi connectivity index (χ2n) is 6.21. The molecule has 0 aliphatic carbocycles. The molecule has 1 atom stereocenters. The number of nitrogens with zero attached hydrogens (tertiary/aromatic N) is 1. The van der Waals surface area contributed by atoms with E-state index < -0.39 is 0 Å². The molecule has 2 aromatic carbocycles. The Morgan fingerprint density at radius 1 is 1.04 bits per heavy atom. The van der Waals surface area contributed by atoms with Crippen LogP contribution in [0.4, 0.5) is 0 Å². The minimum absolute atomic E-state index is 0.0589. The smallest absolute Gasteiger partial charge is 0.231 e. The number of hydrogen-bond acceptors (Lipinski definition) is 7. The second kappa shape index (κ2) is 6.93. The van der Waals surface area contributed by atoms with E-state index in [9.17, 15) is 10.2 Å². The Kier molecular flexibility index (Phi) is 4.48. The lowest BCUT2D eigenvalue weighted by Gasteiger charge is -2.35. The van der Waals surface area contributed by atoms with E-state index in [2.05, 4.69) is 4.90 Å². The van der Waals surface area contributed by atoms with Crippen LogP contribution in [-0.4, -0.2) is 55.3 Å². The maximum atomic E-state index is 10.7. The average molecular weight is 359 g/mol. The van der Waals surface area contributed by atoms with Crippen molar-refractivity contribution in [3.63, 3.8) is 0 Å². The molecule has 7 nitrogen and oxygen atoms in total. The zero-order chi connectivity index (χ0) is 18.1. The third-order valence-electron chi connectivity index (χ3n) is 4.77. The van der Waals surface area contributed by atoms with E-state index in [1.807, 2.05) is 12.1 Å². The van der Waals surface area contributed by atoms with Crippen LogP contribution in [0.2, 0.25) is 0 Å². The van der Waals surface area contributed by atoms with E-state index in [4.69, 9.17) is 18.9 Å². The first-order valence-corrected chi connectivity index (χ1v) is 8.49. The monoisotopic (exact) mass is 359 g/mol. The molecule has 0 spiro atoms. The van der Waals surface area contributed by atoms with Crippen molar-refractivity contribution in [2.75, 3.05) is 40.2 Å². The molecule has 0 aromatic heterocycles. The van der Waals surface area contributed by atoms with E-state index in [1.165, 1.54) is 7.11 Å². The number of phenolic OH excluding ortho intramolecular Hbond substituents is 2. The fraction of sp³-hybridized carbons (Fsp3) is 0.368. The highest BCUT2D eigenvalue weighted by molar-refractivity contribution is 5.57. The lowest BCUT2D eigenvalue weighted by Crippen LogP contribution is -2.39. The molecule has 4 rings (SSSR count). The normalized spacial score (nSPS) is 17.9. The first-order chi connectivity index (χ1) is 12.7. The molecule has 2 heterocycles. The van der Waals surface area contributed by atoms with Gasteiger partial charge in [-0.1, -0.05) is 12.1 Å². The Bertz CT molecular complexity index is 803. The summed E-state index contributed by atoms with van der Waals surface area (Å²) >= 11 is 0. The summed E-state index contributed by atoms with van der Waals surface area (Å²) in [5, 5.41) is 21.4. The van der Waals surface area contributed by atoms with Crippen LogP contribution in [0.5, 0.6) is 28.7 Å². The van der Waals surface area contributed by atoms with Crippen LogP contribution in [0.15, 0.2) is 30.3 Å². The summed E-state index contributed by atoms with van der Waals surface area (Å²) in [7, 11) is 1.51. The van der Waals surface area contributed by atoms with Gasteiger partial charge >= 0.3 is 0 Å². The number of aromatic hydroxyl groups is 2. The van der Waals surface area contributed by atoms with Gasteiger partial charge in [-0.25, -0.2) is 0 Å². The Hall–Kier alpha value is -2.64. The highest BCUT2D eigenvalue weighted by Crippen LogP contribution is 2.46. The van der Waals surface area contributed by atoms with E-state index in [-0.39, 0.29) is 24.3 Å². The van der Waals surface area contributed by atoms with Crippen molar-refractivity contribution in [3.05, 3.63) is 41.5 Å². The van der Waals surface area contributed by atoms with Crippen molar-refractivity contribution in [1.82, 2.24) is 4.90 Å². The van der Waals surface area contributed by atoms with Gasteiger partial charge in [0.1, 0.15) is 5.75 Å². The van der Waals surface area contributed by atoms with Gasteiger partial charge in [0.2, 0.25) is 6.79 Å². The van der Waals surface area contributed by atoms with Gasteiger partial charge < -0.3 is 29.2 Å². The highest BCUT2D eigenvalue weighted by Gasteiger charge is 2.31. The van der Waals surface area contributed by atoms with Crippen molar-refractivity contribution in [3.8, 4) is 28.7 Å². The molecule has 1 fully saturated rings. The SMILES string of the molecule is COc1cccc([C@@H](c2cc3c(cc2O)OCO3)N2CCOCC2)c1O. The van der Waals surface area contributed by atoms with E-state index >= 15 is 0 Å². The number of hydrogen-bond donors (Lipinski definition) is 2. The number of fused-ring (bicyclic) bond motifs is 1. The summed E-state index contributed by atoms with van der Waals surface area (Å²) < 4.78 is 21.5. The third-order valence-corrected chi connectivity index (χ3v) is 4.77. The molecule has 26 heavy (non-hydrogen) atoms. The third kappa shape index (κ3) is 2.89. The van der Waals surface area contributed by atoms with E-state index in [1.54, 1.807) is 18.2 Å². The molecule has 138 valence electrons. The van der Waals surface area contributed by atoms with Gasteiger partial charge in [0.05, 0.1) is 26.4 Å². The summed E-state index contributed by atoms with van der Waals surface area (Å²) in [6, 6.07) is 8.32. The van der Waals surface area contributed by atoms with Crippen LogP contribution in [0.1, 0.15) is 17.2 Å². The number of para-hydroxylation sites is 1. The summed E-state index contributed by atoms with van der Waals surface area (Å²) in [6.45, 7) is 2.66. The van der Waals surface area contributed by atoms with Crippen LogP contribution in [-0.2, 0) is 4.74 Å². The number of ether oxygens (including phenoxy) is 4. The molecule has 7 heteroatoms. The van der Waals surface area contributed by atoms with Crippen molar-refractivity contribution in [2.24, 2.45) is 0 Å². The summed E-state index contributed by atoms with van der Waals surface area (Å²) in [5.74, 6) is 1.64. The largest absolute Gasteiger partial charge is 0.507 e. The Morgan fingerprint density at radius 2 is 1.77 bits per heavy atom. The molecule has 2 aliphatic rings. The highest BCUT2D eigenvalue weighted by atomic mass is 16.7. The molecule has 0 saturated carbocycles. The van der Waals surface area contributed by atoms with E-state index in [0.717, 1.165) is 0 Å². The fourth-order valence-corrected chi connectivity index (χ4v) is 3.49.